The topological polar surface area (TPSA) is 46.2 Å². The second kappa shape index (κ2) is 8.52. The largest absolute Gasteiger partial charge is 0.467 e. The SMILES string of the molecule is Cc1ccc(C)c(-n2c(C)cc([C@@H]3[C@H](c4ccccn4)NC(=S)N3Cc3ccco3)c2C)c1. The van der Waals surface area contributed by atoms with Gasteiger partial charge in [0.1, 0.15) is 5.76 Å². The lowest BCUT2D eigenvalue weighted by Crippen LogP contribution is -2.29. The molecule has 168 valence electrons. The van der Waals surface area contributed by atoms with Crippen LogP contribution < -0.4 is 5.32 Å². The fourth-order valence-electron chi connectivity index (χ4n) is 4.90. The van der Waals surface area contributed by atoms with E-state index in [-0.39, 0.29) is 12.1 Å². The number of nitrogens with one attached hydrogen (secondary N) is 1. The van der Waals surface area contributed by atoms with Crippen molar-refractivity contribution in [2.24, 2.45) is 0 Å². The third-order valence-corrected chi connectivity index (χ3v) is 6.85. The minimum atomic E-state index is -0.0544. The number of rotatable bonds is 5. The van der Waals surface area contributed by atoms with Gasteiger partial charge in [-0.1, -0.05) is 18.2 Å². The van der Waals surface area contributed by atoms with Crippen molar-refractivity contribution in [2.45, 2.75) is 46.3 Å². The average Bonchev–Trinajstić information content (AvgIpc) is 3.50. The monoisotopic (exact) mass is 456 g/mol. The molecule has 0 aliphatic carbocycles. The Hall–Kier alpha value is -3.38. The van der Waals surface area contributed by atoms with Crippen LogP contribution in [0.25, 0.3) is 5.69 Å². The number of aromatic nitrogens is 2. The van der Waals surface area contributed by atoms with E-state index in [2.05, 4.69) is 77.8 Å². The predicted octanol–water partition coefficient (Wildman–Crippen LogP) is 5.87. The summed E-state index contributed by atoms with van der Waals surface area (Å²) >= 11 is 5.82. The minimum absolute atomic E-state index is 0.0115. The summed E-state index contributed by atoms with van der Waals surface area (Å²) in [7, 11) is 0. The fraction of sp³-hybridized carbons (Fsp3) is 0.259. The molecule has 1 aromatic carbocycles. The van der Waals surface area contributed by atoms with Crippen LogP contribution in [0.2, 0.25) is 0 Å². The van der Waals surface area contributed by atoms with Gasteiger partial charge in [-0.15, -0.1) is 0 Å². The van der Waals surface area contributed by atoms with Crippen molar-refractivity contribution in [3.05, 3.63) is 107 Å². The molecule has 5 rings (SSSR count). The number of nitrogens with zero attached hydrogens (tertiary/aromatic N) is 3. The Labute approximate surface area is 200 Å². The van der Waals surface area contributed by atoms with Crippen molar-refractivity contribution in [1.29, 1.82) is 0 Å². The van der Waals surface area contributed by atoms with Gasteiger partial charge in [0.25, 0.3) is 0 Å². The van der Waals surface area contributed by atoms with Gasteiger partial charge in [-0.25, -0.2) is 0 Å². The van der Waals surface area contributed by atoms with Gasteiger partial charge in [0.2, 0.25) is 0 Å². The van der Waals surface area contributed by atoms with Crippen LogP contribution in [-0.4, -0.2) is 19.6 Å². The van der Waals surface area contributed by atoms with Crippen LogP contribution in [-0.2, 0) is 6.54 Å². The van der Waals surface area contributed by atoms with Crippen LogP contribution in [0.1, 0.15) is 51.6 Å². The fourth-order valence-corrected chi connectivity index (χ4v) is 5.21. The van der Waals surface area contributed by atoms with Crippen LogP contribution in [0.4, 0.5) is 0 Å². The molecule has 1 fully saturated rings. The lowest BCUT2D eigenvalue weighted by atomic mass is 9.96. The Morgan fingerprint density at radius 2 is 1.88 bits per heavy atom. The molecule has 4 aromatic rings. The van der Waals surface area contributed by atoms with Crippen LogP contribution in [0.3, 0.4) is 0 Å². The van der Waals surface area contributed by atoms with Crippen LogP contribution in [0.15, 0.2) is 71.5 Å². The Bertz CT molecular complexity index is 1290. The van der Waals surface area contributed by atoms with E-state index in [4.69, 9.17) is 16.6 Å². The second-order valence-electron chi connectivity index (χ2n) is 8.79. The number of aryl methyl sites for hydroxylation is 3. The molecule has 2 atom stereocenters. The normalized spacial score (nSPS) is 18.1. The summed E-state index contributed by atoms with van der Waals surface area (Å²) in [5.41, 5.74) is 8.35. The smallest absolute Gasteiger partial charge is 0.170 e. The lowest BCUT2D eigenvalue weighted by Gasteiger charge is -2.27. The van der Waals surface area contributed by atoms with Gasteiger partial charge in [-0.05, 0) is 93.0 Å². The third kappa shape index (κ3) is 3.85. The zero-order valence-electron chi connectivity index (χ0n) is 19.4. The summed E-state index contributed by atoms with van der Waals surface area (Å²) in [6.45, 7) is 9.27. The van der Waals surface area contributed by atoms with Gasteiger partial charge < -0.3 is 19.2 Å². The molecule has 3 aromatic heterocycles. The molecule has 4 heterocycles. The molecule has 0 unspecified atom stereocenters. The standard InChI is InChI=1S/C27H28N4OS/c1-17-10-11-18(2)24(14-17)31-19(3)15-22(20(31)4)26-25(23-9-5-6-12-28-23)29-27(33)30(26)16-21-8-7-13-32-21/h5-15,25-26H,16H2,1-4H3,(H,29,33)/t25-,26+/m0/s1. The number of benzene rings is 1. The maximum absolute atomic E-state index is 5.82. The molecule has 5 nitrogen and oxygen atoms in total. The molecule has 0 spiro atoms. The molecule has 33 heavy (non-hydrogen) atoms. The van der Waals surface area contributed by atoms with Crippen molar-refractivity contribution >= 4 is 17.3 Å². The molecule has 0 amide bonds. The van der Waals surface area contributed by atoms with Crippen molar-refractivity contribution in [3.8, 4) is 5.69 Å². The first-order chi connectivity index (χ1) is 15.9. The molecule has 1 aliphatic rings. The number of hydrogen-bond donors (Lipinski definition) is 1. The van der Waals surface area contributed by atoms with Crippen molar-refractivity contribution < 1.29 is 4.42 Å². The summed E-state index contributed by atoms with van der Waals surface area (Å²) in [6.07, 6.45) is 3.55. The number of pyridine rings is 1. The van der Waals surface area contributed by atoms with Crippen LogP contribution in [0, 0.1) is 27.7 Å². The second-order valence-corrected chi connectivity index (χ2v) is 9.17. The van der Waals surface area contributed by atoms with E-state index in [0.717, 1.165) is 11.5 Å². The lowest BCUT2D eigenvalue weighted by molar-refractivity contribution is 0.286. The Balaban J connectivity index is 1.65. The first kappa shape index (κ1) is 21.5. The summed E-state index contributed by atoms with van der Waals surface area (Å²) in [6, 6.07) is 18.8. The highest BCUT2D eigenvalue weighted by molar-refractivity contribution is 7.80. The van der Waals surface area contributed by atoms with E-state index in [1.807, 2.05) is 30.5 Å². The molecule has 1 saturated heterocycles. The van der Waals surface area contributed by atoms with E-state index >= 15 is 0 Å². The summed E-state index contributed by atoms with van der Waals surface area (Å²) in [5, 5.41) is 4.25. The molecular formula is C27H28N4OS. The van der Waals surface area contributed by atoms with Gasteiger partial charge in [0, 0.05) is 23.3 Å². The molecule has 0 radical (unpaired) electrons. The van der Waals surface area contributed by atoms with E-state index in [1.54, 1.807) is 6.26 Å². The molecule has 0 bridgehead atoms. The van der Waals surface area contributed by atoms with Crippen molar-refractivity contribution in [2.75, 3.05) is 0 Å². The highest BCUT2D eigenvalue weighted by atomic mass is 32.1. The quantitative estimate of drug-likeness (QED) is 0.381. The average molecular weight is 457 g/mol. The van der Waals surface area contributed by atoms with Crippen LogP contribution in [0.5, 0.6) is 0 Å². The van der Waals surface area contributed by atoms with E-state index in [9.17, 15) is 0 Å². The first-order valence-electron chi connectivity index (χ1n) is 11.2. The highest BCUT2D eigenvalue weighted by Crippen LogP contribution is 2.42. The van der Waals surface area contributed by atoms with Gasteiger partial charge in [0.15, 0.2) is 5.11 Å². The van der Waals surface area contributed by atoms with Gasteiger partial charge in [0.05, 0.1) is 30.6 Å². The zero-order chi connectivity index (χ0) is 23.1. The first-order valence-corrected chi connectivity index (χ1v) is 11.6. The maximum atomic E-state index is 5.82. The van der Waals surface area contributed by atoms with Gasteiger partial charge in [-0.2, -0.15) is 0 Å². The number of thiocarbonyl (C=S) groups is 1. The minimum Gasteiger partial charge on any atom is -0.467 e. The number of furan rings is 1. The zero-order valence-corrected chi connectivity index (χ0v) is 20.2. The third-order valence-electron chi connectivity index (χ3n) is 6.50. The summed E-state index contributed by atoms with van der Waals surface area (Å²) in [4.78, 5) is 6.89. The Kier molecular flexibility index (Phi) is 5.54. The highest BCUT2D eigenvalue weighted by Gasteiger charge is 2.41. The predicted molar refractivity (Wildman–Crippen MR) is 134 cm³/mol. The van der Waals surface area contributed by atoms with E-state index < -0.39 is 0 Å². The molecule has 1 N–H and O–H groups in total. The molecule has 1 aliphatic heterocycles. The molecule has 0 saturated carbocycles. The van der Waals surface area contributed by atoms with Crippen molar-refractivity contribution in [3.63, 3.8) is 0 Å². The van der Waals surface area contributed by atoms with Crippen LogP contribution >= 0.6 is 12.2 Å². The summed E-state index contributed by atoms with van der Waals surface area (Å²) in [5.74, 6) is 0.883. The van der Waals surface area contributed by atoms with E-state index in [1.165, 1.54) is 33.8 Å². The maximum Gasteiger partial charge on any atom is 0.170 e. The van der Waals surface area contributed by atoms with Gasteiger partial charge in [-0.3, -0.25) is 4.98 Å². The molecule has 6 heteroatoms. The Morgan fingerprint density at radius 1 is 1.03 bits per heavy atom. The molecular weight excluding hydrogens is 428 g/mol. The van der Waals surface area contributed by atoms with Gasteiger partial charge >= 0.3 is 0 Å². The van der Waals surface area contributed by atoms with E-state index in [0.29, 0.717) is 11.7 Å². The van der Waals surface area contributed by atoms with Crippen molar-refractivity contribution in [1.82, 2.24) is 19.8 Å². The number of hydrogen-bond acceptors (Lipinski definition) is 3. The Morgan fingerprint density at radius 3 is 2.61 bits per heavy atom. The summed E-state index contributed by atoms with van der Waals surface area (Å²) < 4.78 is 8.04.